The molecule has 0 radical (unpaired) electrons. The normalized spacial score (nSPS) is 33.8. The molecular weight excluding hydrogens is 138 g/mol. The highest BCUT2D eigenvalue weighted by atomic mass is 16.3. The fourth-order valence-corrected chi connectivity index (χ4v) is 1.78. The van der Waals surface area contributed by atoms with Crippen LogP contribution in [0.2, 0.25) is 0 Å². The highest BCUT2D eigenvalue weighted by molar-refractivity contribution is 4.74. The molecule has 0 heterocycles. The summed E-state index contributed by atoms with van der Waals surface area (Å²) in [5.74, 6) is 0. The van der Waals surface area contributed by atoms with Gasteiger partial charge in [0, 0.05) is 6.04 Å². The summed E-state index contributed by atoms with van der Waals surface area (Å²) in [5.41, 5.74) is 0. The van der Waals surface area contributed by atoms with Gasteiger partial charge in [0.05, 0.1) is 6.10 Å². The Morgan fingerprint density at radius 2 is 1.82 bits per heavy atom. The van der Waals surface area contributed by atoms with E-state index in [0.29, 0.717) is 6.04 Å². The summed E-state index contributed by atoms with van der Waals surface area (Å²) in [6.45, 7) is 0. The summed E-state index contributed by atoms with van der Waals surface area (Å²) < 4.78 is 0. The lowest BCUT2D eigenvalue weighted by atomic mass is 10.1. The van der Waals surface area contributed by atoms with Crippen LogP contribution in [-0.2, 0) is 0 Å². The van der Waals surface area contributed by atoms with Crippen molar-refractivity contribution in [2.24, 2.45) is 0 Å². The van der Waals surface area contributed by atoms with Gasteiger partial charge in [-0.1, -0.05) is 12.8 Å². The molecule has 0 aromatic rings. The van der Waals surface area contributed by atoms with Gasteiger partial charge in [-0.2, -0.15) is 0 Å². The van der Waals surface area contributed by atoms with E-state index >= 15 is 0 Å². The first kappa shape index (κ1) is 9.01. The molecular formula is C9H19NO. The lowest BCUT2D eigenvalue weighted by Gasteiger charge is -2.23. The van der Waals surface area contributed by atoms with Gasteiger partial charge in [0.15, 0.2) is 0 Å². The van der Waals surface area contributed by atoms with Crippen molar-refractivity contribution in [3.05, 3.63) is 0 Å². The first-order chi connectivity index (χ1) is 5.20. The molecule has 0 aromatic carbocycles. The summed E-state index contributed by atoms with van der Waals surface area (Å²) in [7, 11) is 4.20. The molecule has 0 bridgehead atoms. The summed E-state index contributed by atoms with van der Waals surface area (Å²) in [4.78, 5) is 2.23. The van der Waals surface area contributed by atoms with E-state index in [1.54, 1.807) is 0 Å². The van der Waals surface area contributed by atoms with Gasteiger partial charge in [-0.15, -0.1) is 0 Å². The van der Waals surface area contributed by atoms with E-state index in [2.05, 4.69) is 19.0 Å². The second kappa shape index (κ2) is 4.07. The van der Waals surface area contributed by atoms with Crippen molar-refractivity contribution in [3.8, 4) is 0 Å². The zero-order valence-corrected chi connectivity index (χ0v) is 7.58. The fourth-order valence-electron chi connectivity index (χ4n) is 1.78. The van der Waals surface area contributed by atoms with Crippen LogP contribution in [0.4, 0.5) is 0 Å². The van der Waals surface area contributed by atoms with Crippen LogP contribution in [0.1, 0.15) is 32.1 Å². The number of aliphatic hydroxyl groups excluding tert-OH is 1. The van der Waals surface area contributed by atoms with Crippen molar-refractivity contribution in [3.63, 3.8) is 0 Å². The van der Waals surface area contributed by atoms with Crippen LogP contribution < -0.4 is 0 Å². The molecule has 11 heavy (non-hydrogen) atoms. The third kappa shape index (κ3) is 2.80. The van der Waals surface area contributed by atoms with E-state index in [0.717, 1.165) is 12.8 Å². The maximum absolute atomic E-state index is 9.48. The average Bonchev–Trinajstić information content (AvgIpc) is 2.13. The van der Waals surface area contributed by atoms with Crippen LogP contribution >= 0.6 is 0 Å². The van der Waals surface area contributed by atoms with Crippen LogP contribution in [0.5, 0.6) is 0 Å². The number of hydrogen-bond donors (Lipinski definition) is 1. The molecule has 66 valence electrons. The fraction of sp³-hybridized carbons (Fsp3) is 1.00. The van der Waals surface area contributed by atoms with Gasteiger partial charge < -0.3 is 10.0 Å². The molecule has 0 aliphatic heterocycles. The minimum absolute atomic E-state index is 0.0510. The second-order valence-electron chi connectivity index (χ2n) is 3.79. The number of aliphatic hydroxyl groups is 1. The van der Waals surface area contributed by atoms with Crippen molar-refractivity contribution < 1.29 is 5.11 Å². The van der Waals surface area contributed by atoms with Crippen molar-refractivity contribution in [2.75, 3.05) is 14.1 Å². The number of rotatable bonds is 1. The summed E-state index contributed by atoms with van der Waals surface area (Å²) in [6.07, 6.45) is 5.65. The molecule has 1 saturated carbocycles. The highest BCUT2D eigenvalue weighted by Gasteiger charge is 2.19. The van der Waals surface area contributed by atoms with Crippen molar-refractivity contribution in [2.45, 2.75) is 44.2 Å². The number of hydrogen-bond acceptors (Lipinski definition) is 2. The van der Waals surface area contributed by atoms with Crippen LogP contribution in [0.3, 0.4) is 0 Å². The van der Waals surface area contributed by atoms with E-state index in [-0.39, 0.29) is 6.10 Å². The monoisotopic (exact) mass is 157 g/mol. The molecule has 0 aromatic heterocycles. The van der Waals surface area contributed by atoms with Gasteiger partial charge in [-0.05, 0) is 33.4 Å². The molecule has 1 aliphatic carbocycles. The van der Waals surface area contributed by atoms with Gasteiger partial charge in [0.25, 0.3) is 0 Å². The maximum atomic E-state index is 9.48. The van der Waals surface area contributed by atoms with Gasteiger partial charge in [0.1, 0.15) is 0 Å². The summed E-state index contributed by atoms with van der Waals surface area (Å²) >= 11 is 0. The molecule has 0 amide bonds. The zero-order valence-electron chi connectivity index (χ0n) is 7.58. The SMILES string of the molecule is CN(C)[C@H]1CCCC[C@H](O)C1. The maximum Gasteiger partial charge on any atom is 0.0555 e. The largest absolute Gasteiger partial charge is 0.393 e. The Hall–Kier alpha value is -0.0800. The van der Waals surface area contributed by atoms with Crippen LogP contribution in [-0.4, -0.2) is 36.2 Å². The lowest BCUT2D eigenvalue weighted by Crippen LogP contribution is -2.30. The minimum atomic E-state index is -0.0510. The number of nitrogens with zero attached hydrogens (tertiary/aromatic N) is 1. The van der Waals surface area contributed by atoms with Gasteiger partial charge >= 0.3 is 0 Å². The Balaban J connectivity index is 2.39. The molecule has 2 nitrogen and oxygen atoms in total. The quantitative estimate of drug-likeness (QED) is 0.579. The van der Waals surface area contributed by atoms with Crippen molar-refractivity contribution >= 4 is 0 Å². The topological polar surface area (TPSA) is 23.5 Å². The van der Waals surface area contributed by atoms with Crippen molar-refractivity contribution in [1.29, 1.82) is 0 Å². The van der Waals surface area contributed by atoms with Crippen LogP contribution in [0, 0.1) is 0 Å². The first-order valence-corrected chi connectivity index (χ1v) is 4.54. The molecule has 1 rings (SSSR count). The Bertz CT molecular complexity index is 114. The minimum Gasteiger partial charge on any atom is -0.393 e. The molecule has 0 spiro atoms. The first-order valence-electron chi connectivity index (χ1n) is 4.54. The molecule has 0 saturated heterocycles. The van der Waals surface area contributed by atoms with E-state index < -0.39 is 0 Å². The van der Waals surface area contributed by atoms with Crippen molar-refractivity contribution in [1.82, 2.24) is 4.90 Å². The van der Waals surface area contributed by atoms with E-state index in [1.165, 1.54) is 19.3 Å². The third-order valence-electron chi connectivity index (χ3n) is 2.60. The van der Waals surface area contributed by atoms with E-state index in [9.17, 15) is 5.11 Å². The van der Waals surface area contributed by atoms with Crippen LogP contribution in [0.25, 0.3) is 0 Å². The molecule has 2 atom stereocenters. The van der Waals surface area contributed by atoms with Gasteiger partial charge in [-0.25, -0.2) is 0 Å². The lowest BCUT2D eigenvalue weighted by molar-refractivity contribution is 0.125. The molecule has 1 aliphatic rings. The molecule has 0 unspecified atom stereocenters. The Labute approximate surface area is 69.2 Å². The highest BCUT2D eigenvalue weighted by Crippen LogP contribution is 2.20. The van der Waals surface area contributed by atoms with Gasteiger partial charge in [-0.3, -0.25) is 0 Å². The van der Waals surface area contributed by atoms with Gasteiger partial charge in [0.2, 0.25) is 0 Å². The zero-order chi connectivity index (χ0) is 8.27. The smallest absolute Gasteiger partial charge is 0.0555 e. The molecule has 1 N–H and O–H groups in total. The average molecular weight is 157 g/mol. The predicted molar refractivity (Wildman–Crippen MR) is 46.6 cm³/mol. The molecule has 2 heteroatoms. The molecule has 1 fully saturated rings. The summed E-state index contributed by atoms with van der Waals surface area (Å²) in [6, 6.07) is 0.604. The van der Waals surface area contributed by atoms with Crippen LogP contribution in [0.15, 0.2) is 0 Å². The Morgan fingerprint density at radius 1 is 1.18 bits per heavy atom. The second-order valence-corrected chi connectivity index (χ2v) is 3.79. The third-order valence-corrected chi connectivity index (χ3v) is 2.60. The Kier molecular flexibility index (Phi) is 3.34. The predicted octanol–water partition coefficient (Wildman–Crippen LogP) is 1.24. The standard InChI is InChI=1S/C9H19NO/c1-10(2)8-5-3-4-6-9(11)7-8/h8-9,11H,3-7H2,1-2H3/t8-,9-/m0/s1. The van der Waals surface area contributed by atoms with E-state index in [4.69, 9.17) is 0 Å². The summed E-state index contributed by atoms with van der Waals surface area (Å²) in [5, 5.41) is 9.48. The Morgan fingerprint density at radius 3 is 2.45 bits per heavy atom. The van der Waals surface area contributed by atoms with E-state index in [1.807, 2.05) is 0 Å².